The summed E-state index contributed by atoms with van der Waals surface area (Å²) in [4.78, 5) is 0. The fourth-order valence-corrected chi connectivity index (χ4v) is 10.6. The molecule has 0 spiro atoms. The Morgan fingerprint density at radius 3 is 1.73 bits per heavy atom. The first-order valence-electron chi connectivity index (χ1n) is 4.25. The van der Waals surface area contributed by atoms with E-state index < -0.39 is 16.4 Å². The number of allylic oxidation sites excluding steroid dienone is 2. The number of nitrogens with zero attached hydrogens (tertiary/aromatic N) is 2. The summed E-state index contributed by atoms with van der Waals surface area (Å²) in [7, 11) is -3.15. The van der Waals surface area contributed by atoms with Crippen molar-refractivity contribution in [3.63, 3.8) is 0 Å². The van der Waals surface area contributed by atoms with Gasteiger partial charge in [-0.15, -0.1) is 13.2 Å². The maximum Gasteiger partial charge on any atom is 0.247 e. The van der Waals surface area contributed by atoms with Crippen LogP contribution in [0.15, 0.2) is 25.3 Å². The summed E-state index contributed by atoms with van der Waals surface area (Å²) in [5.74, 6) is 0. The summed E-state index contributed by atoms with van der Waals surface area (Å²) in [5, 5.41) is 21.3. The van der Waals surface area contributed by atoms with E-state index in [1.54, 1.807) is 12.2 Å². The van der Waals surface area contributed by atoms with Gasteiger partial charge in [-0.2, -0.15) is 10.5 Å². The molecular formula is C8H12N2OS2Si2. The lowest BCUT2D eigenvalue weighted by atomic mass is 10.8. The minimum atomic E-state index is -1.58. The number of thiocyanates is 2. The van der Waals surface area contributed by atoms with Crippen molar-refractivity contribution in [1.29, 1.82) is 10.5 Å². The second-order valence-electron chi connectivity index (χ2n) is 2.46. The number of nitriles is 2. The quantitative estimate of drug-likeness (QED) is 0.385. The zero-order chi connectivity index (χ0) is 11.5. The van der Waals surface area contributed by atoms with Crippen LogP contribution in [0.3, 0.4) is 0 Å². The van der Waals surface area contributed by atoms with Gasteiger partial charge in [0.15, 0.2) is 0 Å². The van der Waals surface area contributed by atoms with Gasteiger partial charge in [-0.05, 0) is 34.5 Å². The third-order valence-electron chi connectivity index (χ3n) is 1.39. The first kappa shape index (κ1) is 14.6. The van der Waals surface area contributed by atoms with Gasteiger partial charge in [-0.25, -0.2) is 0 Å². The largest absolute Gasteiger partial charge is 0.443 e. The van der Waals surface area contributed by atoms with Crippen LogP contribution in [0.1, 0.15) is 0 Å². The number of rotatable bonds is 8. The molecule has 0 rings (SSSR count). The van der Waals surface area contributed by atoms with Gasteiger partial charge in [0.1, 0.15) is 10.8 Å². The van der Waals surface area contributed by atoms with Crippen molar-refractivity contribution in [3.05, 3.63) is 25.3 Å². The monoisotopic (exact) mass is 272 g/mol. The molecule has 0 aliphatic heterocycles. The minimum Gasteiger partial charge on any atom is -0.443 e. The molecule has 2 atom stereocenters. The topological polar surface area (TPSA) is 56.8 Å². The lowest BCUT2D eigenvalue weighted by Gasteiger charge is -2.15. The van der Waals surface area contributed by atoms with Gasteiger partial charge in [0, 0.05) is 0 Å². The van der Waals surface area contributed by atoms with Crippen LogP contribution < -0.4 is 0 Å². The number of hydrogen-bond donors (Lipinski definition) is 0. The molecule has 0 saturated heterocycles. The Balaban J connectivity index is 4.19. The molecule has 0 amide bonds. The summed E-state index contributed by atoms with van der Waals surface area (Å²) in [5.41, 5.74) is 0. The highest BCUT2D eigenvalue weighted by molar-refractivity contribution is 8.30. The maximum atomic E-state index is 8.59. The minimum absolute atomic E-state index is 0.755. The summed E-state index contributed by atoms with van der Waals surface area (Å²) >= 11 is 2.42. The molecule has 0 saturated carbocycles. The van der Waals surface area contributed by atoms with Crippen LogP contribution in [-0.2, 0) is 4.12 Å². The van der Waals surface area contributed by atoms with Gasteiger partial charge in [0.2, 0.25) is 16.4 Å². The third-order valence-corrected chi connectivity index (χ3v) is 11.4. The van der Waals surface area contributed by atoms with E-state index in [1.165, 1.54) is 22.4 Å². The lowest BCUT2D eigenvalue weighted by Crippen LogP contribution is -2.23. The Bertz CT molecular complexity index is 259. The zero-order valence-corrected chi connectivity index (χ0v) is 12.2. The Labute approximate surface area is 102 Å². The van der Waals surface area contributed by atoms with Crippen molar-refractivity contribution in [1.82, 2.24) is 0 Å². The van der Waals surface area contributed by atoms with Crippen LogP contribution in [0.4, 0.5) is 0 Å². The van der Waals surface area contributed by atoms with E-state index in [9.17, 15) is 0 Å². The molecule has 3 nitrogen and oxygen atoms in total. The van der Waals surface area contributed by atoms with Gasteiger partial charge in [0.25, 0.3) is 0 Å². The SMILES string of the molecule is C=CC[SiH](O[SiH](CC=C)SC#N)SC#N. The lowest BCUT2D eigenvalue weighted by molar-refractivity contribution is 0.629. The normalized spacial score (nSPS) is 13.2. The number of hydrogen-bond acceptors (Lipinski definition) is 5. The van der Waals surface area contributed by atoms with Gasteiger partial charge >= 0.3 is 0 Å². The molecule has 0 aromatic carbocycles. The highest BCUT2D eigenvalue weighted by Gasteiger charge is 2.19. The van der Waals surface area contributed by atoms with Crippen LogP contribution in [-0.4, -0.2) is 16.4 Å². The van der Waals surface area contributed by atoms with Crippen molar-refractivity contribution in [2.75, 3.05) is 0 Å². The Kier molecular flexibility index (Phi) is 9.78. The van der Waals surface area contributed by atoms with E-state index in [4.69, 9.17) is 14.6 Å². The molecule has 15 heavy (non-hydrogen) atoms. The van der Waals surface area contributed by atoms with Gasteiger partial charge < -0.3 is 4.12 Å². The van der Waals surface area contributed by atoms with Gasteiger partial charge in [0.05, 0.1) is 0 Å². The summed E-state index contributed by atoms with van der Waals surface area (Å²) in [6, 6.07) is 1.51. The molecule has 0 fully saturated rings. The predicted molar refractivity (Wildman–Crippen MR) is 71.8 cm³/mol. The molecular weight excluding hydrogens is 260 g/mol. The standard InChI is InChI=1S/C8H12N2OS2Si2/c1-3-5-14(12-7-9)11-15(6-4-2)13-8-10/h3-4,14-15H,1-2,5-6H2. The summed E-state index contributed by atoms with van der Waals surface area (Å²) < 4.78 is 5.83. The third kappa shape index (κ3) is 7.48. The molecule has 0 aliphatic rings. The Morgan fingerprint density at radius 2 is 1.47 bits per heavy atom. The molecule has 0 N–H and O–H groups in total. The summed E-state index contributed by atoms with van der Waals surface area (Å²) in [6.45, 7) is 7.27. The molecule has 2 unspecified atom stereocenters. The van der Waals surface area contributed by atoms with Crippen molar-refractivity contribution < 1.29 is 4.12 Å². The maximum absolute atomic E-state index is 8.59. The van der Waals surface area contributed by atoms with E-state index in [1.807, 2.05) is 0 Å². The van der Waals surface area contributed by atoms with Crippen LogP contribution in [0.2, 0.25) is 12.1 Å². The fraction of sp³-hybridized carbons (Fsp3) is 0.250. The predicted octanol–water partition coefficient (Wildman–Crippen LogP) is 2.24. The molecule has 80 valence electrons. The molecule has 0 bridgehead atoms. The highest BCUT2D eigenvalue weighted by Crippen LogP contribution is 2.19. The van der Waals surface area contributed by atoms with Crippen LogP contribution in [0.5, 0.6) is 0 Å². The molecule has 0 radical (unpaired) electrons. The summed E-state index contributed by atoms with van der Waals surface area (Å²) in [6.07, 6.45) is 3.55. The molecule has 0 heterocycles. The molecule has 0 aromatic rings. The van der Waals surface area contributed by atoms with E-state index in [0.717, 1.165) is 12.1 Å². The van der Waals surface area contributed by atoms with Gasteiger partial charge in [-0.3, -0.25) is 0 Å². The fourth-order valence-electron chi connectivity index (χ4n) is 0.822. The first-order valence-corrected chi connectivity index (χ1v) is 11.4. The van der Waals surface area contributed by atoms with Crippen LogP contribution >= 0.6 is 22.4 Å². The average molecular weight is 273 g/mol. The van der Waals surface area contributed by atoms with Gasteiger partial charge in [-0.1, -0.05) is 12.2 Å². The molecule has 0 aromatic heterocycles. The smallest absolute Gasteiger partial charge is 0.247 e. The molecule has 7 heteroatoms. The highest BCUT2D eigenvalue weighted by atomic mass is 32.4. The van der Waals surface area contributed by atoms with E-state index in [0.29, 0.717) is 0 Å². The Hall–Kier alpha value is -0.446. The van der Waals surface area contributed by atoms with Crippen molar-refractivity contribution in [2.45, 2.75) is 12.1 Å². The Morgan fingerprint density at radius 1 is 1.07 bits per heavy atom. The van der Waals surface area contributed by atoms with Crippen molar-refractivity contribution in [2.24, 2.45) is 0 Å². The van der Waals surface area contributed by atoms with E-state index in [-0.39, 0.29) is 0 Å². The van der Waals surface area contributed by atoms with E-state index >= 15 is 0 Å². The average Bonchev–Trinajstić information content (AvgIpc) is 2.19. The van der Waals surface area contributed by atoms with E-state index in [2.05, 4.69) is 24.0 Å². The molecule has 0 aliphatic carbocycles. The van der Waals surface area contributed by atoms with Crippen molar-refractivity contribution in [3.8, 4) is 10.8 Å². The first-order chi connectivity index (χ1) is 7.28. The van der Waals surface area contributed by atoms with Crippen LogP contribution in [0.25, 0.3) is 0 Å². The van der Waals surface area contributed by atoms with Crippen LogP contribution in [0, 0.1) is 21.3 Å². The van der Waals surface area contributed by atoms with Crippen molar-refractivity contribution >= 4 is 38.8 Å². The second-order valence-corrected chi connectivity index (χ2v) is 11.6. The second kappa shape index (κ2) is 10.1. The zero-order valence-electron chi connectivity index (χ0n) is 8.26.